The second-order valence-corrected chi connectivity index (χ2v) is 16.0. The van der Waals surface area contributed by atoms with E-state index < -0.39 is 59.2 Å². The van der Waals surface area contributed by atoms with Crippen molar-refractivity contribution in [1.29, 1.82) is 0 Å². The minimum Gasteiger partial charge on any atom is -0.490 e. The molecule has 2 saturated carbocycles. The number of unbranched alkanes of at least 4 members (excludes halogenated alkanes) is 2. The number of carbonyl (C=O) groups excluding carboxylic acids is 2. The largest absolute Gasteiger partial charge is 0.490 e. The minimum atomic E-state index is -4.55. The lowest BCUT2D eigenvalue weighted by Crippen LogP contribution is -2.57. The molecule has 0 aliphatic heterocycles. The van der Waals surface area contributed by atoms with Crippen LogP contribution in [-0.2, 0) is 36.5 Å². The normalized spacial score (nSPS) is 17.0. The fourth-order valence-corrected chi connectivity index (χ4v) is 7.34. The number of para-hydroxylation sites is 1. The molecule has 0 bridgehead atoms. The average molecular weight is 821 g/mol. The molecule has 306 valence electrons. The molecule has 5 rings (SSSR count). The number of aromatic nitrogens is 1. The monoisotopic (exact) mass is 820 g/mol. The lowest BCUT2D eigenvalue weighted by Gasteiger charge is -2.30. The molecule has 1 aromatic heterocycles. The van der Waals surface area contributed by atoms with Crippen molar-refractivity contribution in [2.75, 3.05) is 26.8 Å². The van der Waals surface area contributed by atoms with Gasteiger partial charge in [0.25, 0.3) is 10.0 Å². The maximum Gasteiger partial charge on any atom is 0.332 e. The van der Waals surface area contributed by atoms with Gasteiger partial charge in [0.1, 0.15) is 30.2 Å². The number of hydrogen-bond acceptors (Lipinski definition) is 13. The highest BCUT2D eigenvalue weighted by Gasteiger charge is 2.48. The third kappa shape index (κ3) is 11.4. The lowest BCUT2D eigenvalue weighted by molar-refractivity contribution is -0.140. The van der Waals surface area contributed by atoms with Gasteiger partial charge in [-0.25, -0.2) is 18.2 Å². The van der Waals surface area contributed by atoms with E-state index in [9.17, 15) is 38.4 Å². The number of carbonyl (C=O) groups is 2. The summed E-state index contributed by atoms with van der Waals surface area (Å²) in [5.74, 6) is 0.414. The maximum atomic E-state index is 13.6. The van der Waals surface area contributed by atoms with Gasteiger partial charge in [-0.2, -0.15) is 0 Å². The van der Waals surface area contributed by atoms with E-state index in [1.807, 2.05) is 30.3 Å². The number of hydrazine groups is 1. The van der Waals surface area contributed by atoms with Crippen LogP contribution in [0, 0.1) is 0 Å². The molecule has 0 spiro atoms. The lowest BCUT2D eigenvalue weighted by atomic mass is 9.96. The summed E-state index contributed by atoms with van der Waals surface area (Å²) in [7, 11) is -3.28. The molecular formula is C38H49ClN4O12S. The van der Waals surface area contributed by atoms with Crippen LogP contribution in [0.1, 0.15) is 62.5 Å². The van der Waals surface area contributed by atoms with Gasteiger partial charge in [0.2, 0.25) is 0 Å². The Hall–Kier alpha value is -3.91. The van der Waals surface area contributed by atoms with E-state index in [0.717, 1.165) is 48.1 Å². The number of methoxy groups -OCH3 is 1. The molecule has 2 aromatic carbocycles. The Morgan fingerprint density at radius 2 is 1.73 bits per heavy atom. The van der Waals surface area contributed by atoms with Crippen molar-refractivity contribution < 1.29 is 57.8 Å². The summed E-state index contributed by atoms with van der Waals surface area (Å²) in [5.41, 5.74) is 2.63. The SMILES string of the molecule is COC(=O)CCCCCNC(=O)N(CC(O)[C@@H](O)[C@H](O)[C@H](O)CO)NS(=O)(=O)c1ccc(COC2(c3cnccc3-c3ccccc3OC3CC3)CC2)c(Cl)c1. The van der Waals surface area contributed by atoms with Crippen molar-refractivity contribution in [2.45, 2.75) is 99.0 Å². The molecule has 2 aliphatic rings. The Balaban J connectivity index is 1.27. The Bertz CT molecular complexity index is 1910. The van der Waals surface area contributed by atoms with Gasteiger partial charge in [-0.3, -0.25) is 9.78 Å². The van der Waals surface area contributed by atoms with Crippen LogP contribution in [0.2, 0.25) is 5.02 Å². The molecule has 56 heavy (non-hydrogen) atoms. The number of halogens is 1. The van der Waals surface area contributed by atoms with Gasteiger partial charge >= 0.3 is 12.0 Å². The zero-order chi connectivity index (χ0) is 40.5. The first-order valence-corrected chi connectivity index (χ1v) is 20.3. The van der Waals surface area contributed by atoms with E-state index in [-0.39, 0.29) is 41.6 Å². The van der Waals surface area contributed by atoms with Crippen LogP contribution in [0.5, 0.6) is 5.75 Å². The number of esters is 1. The van der Waals surface area contributed by atoms with Crippen molar-refractivity contribution in [1.82, 2.24) is 20.1 Å². The average Bonchev–Trinajstić information content (AvgIpc) is 4.15. The van der Waals surface area contributed by atoms with Gasteiger partial charge < -0.3 is 45.1 Å². The molecule has 3 aromatic rings. The number of hydrogen-bond donors (Lipinski definition) is 7. The molecule has 1 unspecified atom stereocenters. The van der Waals surface area contributed by atoms with Crippen LogP contribution in [0.15, 0.2) is 65.8 Å². The van der Waals surface area contributed by atoms with Crippen molar-refractivity contribution in [3.05, 3.63) is 77.1 Å². The van der Waals surface area contributed by atoms with Crippen LogP contribution < -0.4 is 14.9 Å². The van der Waals surface area contributed by atoms with E-state index in [0.29, 0.717) is 29.8 Å². The Labute approximate surface area is 330 Å². The minimum absolute atomic E-state index is 0.0431. The number of rotatable bonds is 22. The number of sulfonamides is 1. The van der Waals surface area contributed by atoms with Crippen LogP contribution >= 0.6 is 11.6 Å². The molecule has 1 heterocycles. The summed E-state index contributed by atoms with van der Waals surface area (Å²) >= 11 is 6.61. The first-order chi connectivity index (χ1) is 26.8. The van der Waals surface area contributed by atoms with E-state index in [1.54, 1.807) is 12.4 Å². The van der Waals surface area contributed by atoms with Gasteiger partial charge in [-0.05, 0) is 73.9 Å². The molecule has 2 amide bonds. The first kappa shape index (κ1) is 43.2. The number of aliphatic hydroxyl groups is 5. The highest BCUT2D eigenvalue weighted by molar-refractivity contribution is 7.89. The van der Waals surface area contributed by atoms with Gasteiger partial charge in [0.15, 0.2) is 0 Å². The maximum absolute atomic E-state index is 13.6. The molecule has 2 aliphatic carbocycles. The third-order valence-corrected chi connectivity index (χ3v) is 11.3. The van der Waals surface area contributed by atoms with Crippen molar-refractivity contribution in [3.8, 4) is 16.9 Å². The predicted molar refractivity (Wildman–Crippen MR) is 202 cm³/mol. The number of aliphatic hydroxyl groups excluding tert-OH is 5. The van der Waals surface area contributed by atoms with E-state index in [2.05, 4.69) is 19.9 Å². The van der Waals surface area contributed by atoms with Crippen molar-refractivity contribution in [3.63, 3.8) is 0 Å². The summed E-state index contributed by atoms with van der Waals surface area (Å²) in [6, 6.07) is 12.7. The van der Waals surface area contributed by atoms with Crippen molar-refractivity contribution >= 4 is 33.6 Å². The van der Waals surface area contributed by atoms with Crippen LogP contribution in [0.4, 0.5) is 4.79 Å². The molecule has 7 N–H and O–H groups in total. The third-order valence-electron chi connectivity index (χ3n) is 9.58. The number of nitrogens with one attached hydrogen (secondary N) is 2. The molecule has 0 saturated heterocycles. The molecular weight excluding hydrogens is 772 g/mol. The Kier molecular flexibility index (Phi) is 15.0. The van der Waals surface area contributed by atoms with Crippen LogP contribution in [-0.4, -0.2) is 113 Å². The highest BCUT2D eigenvalue weighted by atomic mass is 35.5. The fraction of sp³-hybridized carbons (Fsp3) is 0.500. The summed E-state index contributed by atoms with van der Waals surface area (Å²) in [6.07, 6.45) is 0.971. The Morgan fingerprint density at radius 3 is 2.41 bits per heavy atom. The number of benzene rings is 2. The summed E-state index contributed by atoms with van der Waals surface area (Å²) in [4.78, 5) is 30.7. The van der Waals surface area contributed by atoms with E-state index in [4.69, 9.17) is 26.2 Å². The molecule has 2 fully saturated rings. The predicted octanol–water partition coefficient (Wildman–Crippen LogP) is 2.52. The number of nitrogens with zero attached hydrogens (tertiary/aromatic N) is 2. The van der Waals surface area contributed by atoms with Gasteiger partial charge in [-0.15, -0.1) is 4.83 Å². The number of ether oxygens (including phenoxy) is 3. The topological polar surface area (TPSA) is 237 Å². The molecule has 16 nitrogen and oxygen atoms in total. The zero-order valence-corrected chi connectivity index (χ0v) is 32.5. The summed E-state index contributed by atoms with van der Waals surface area (Å²) in [6.45, 7) is -1.71. The number of amides is 2. The van der Waals surface area contributed by atoms with Crippen LogP contribution in [0.3, 0.4) is 0 Å². The van der Waals surface area contributed by atoms with E-state index in [1.165, 1.54) is 25.3 Å². The van der Waals surface area contributed by atoms with Gasteiger partial charge in [0, 0.05) is 41.5 Å². The Morgan fingerprint density at radius 1 is 1.00 bits per heavy atom. The zero-order valence-electron chi connectivity index (χ0n) is 30.9. The first-order valence-electron chi connectivity index (χ1n) is 18.4. The quantitative estimate of drug-likeness (QED) is 0.0439. The second-order valence-electron chi connectivity index (χ2n) is 13.9. The highest BCUT2D eigenvalue weighted by Crippen LogP contribution is 2.53. The second kappa shape index (κ2) is 19.5. The number of pyridine rings is 1. The van der Waals surface area contributed by atoms with Crippen LogP contribution in [0.25, 0.3) is 11.1 Å². The molecule has 18 heteroatoms. The molecule has 0 radical (unpaired) electrons. The van der Waals surface area contributed by atoms with E-state index >= 15 is 0 Å². The van der Waals surface area contributed by atoms with Gasteiger partial charge in [0.05, 0.1) is 43.5 Å². The summed E-state index contributed by atoms with van der Waals surface area (Å²) in [5, 5.41) is 53.0. The fourth-order valence-electron chi connectivity index (χ4n) is 5.96. The molecule has 4 atom stereocenters. The van der Waals surface area contributed by atoms with Gasteiger partial charge in [-0.1, -0.05) is 42.3 Å². The summed E-state index contributed by atoms with van der Waals surface area (Å²) < 4.78 is 44.5. The smallest absolute Gasteiger partial charge is 0.332 e. The van der Waals surface area contributed by atoms with Crippen molar-refractivity contribution in [2.24, 2.45) is 0 Å². The number of urea groups is 1. The standard InChI is InChI=1S/C38H49ClN4O12S/c1-53-34(47)9-3-2-6-17-41-37(50)43(21-31(45)35(48)36(49)32(46)22-44)42-56(51,52)26-13-10-24(30(39)19-26)23-54-38(15-16-38)29-20-40-18-14-27(29)28-7-4-5-8-33(28)55-25-11-12-25/h4-5,7-8,10,13-14,18-20,25,31-32,35-36,42,44-46,48-49H,2-3,6,9,11-12,15-17,21-23H2,1H3,(H,41,50)/t31?,32-,35-,36-/m1/s1.